The molecule has 0 aromatic heterocycles. The van der Waals surface area contributed by atoms with Crippen LogP contribution in [-0.4, -0.2) is 79.4 Å². The quantitative estimate of drug-likeness (QED) is 0.360. The molecule has 1 heterocycles. The summed E-state index contributed by atoms with van der Waals surface area (Å²) in [4.78, 5) is 49.2. The van der Waals surface area contributed by atoms with Crippen molar-refractivity contribution in [2.45, 2.75) is 90.6 Å². The summed E-state index contributed by atoms with van der Waals surface area (Å²) in [6, 6.07) is -0.544. The van der Waals surface area contributed by atoms with Gasteiger partial charge in [0.2, 0.25) is 0 Å². The Hall–Kier alpha value is -2.20. The minimum atomic E-state index is -1.01. The highest BCUT2D eigenvalue weighted by Crippen LogP contribution is 2.34. The normalized spacial score (nSPS) is 29.7. The highest BCUT2D eigenvalue weighted by atomic mass is 16.6. The number of hydrogen-bond acceptors (Lipinski definition) is 10. The van der Waals surface area contributed by atoms with Gasteiger partial charge in [0.05, 0.1) is 6.04 Å². The van der Waals surface area contributed by atoms with Crippen LogP contribution in [0.15, 0.2) is 0 Å². The smallest absolute Gasteiger partial charge is 0.303 e. The van der Waals surface area contributed by atoms with Gasteiger partial charge in [0.1, 0.15) is 6.61 Å². The maximum atomic E-state index is 11.9. The highest BCUT2D eigenvalue weighted by molar-refractivity contribution is 5.68. The molecule has 4 atom stereocenters. The van der Waals surface area contributed by atoms with Crippen molar-refractivity contribution >= 4 is 23.9 Å². The summed E-state index contributed by atoms with van der Waals surface area (Å²) < 4.78 is 21.8. The van der Waals surface area contributed by atoms with E-state index in [4.69, 9.17) is 24.7 Å². The molecule has 1 saturated carbocycles. The zero-order valence-electron chi connectivity index (χ0n) is 20.8. The van der Waals surface area contributed by atoms with E-state index in [0.29, 0.717) is 18.4 Å². The van der Waals surface area contributed by atoms with E-state index in [1.807, 2.05) is 4.90 Å². The number of likely N-dealkylation sites (tertiary alicyclic amines) is 1. The van der Waals surface area contributed by atoms with E-state index in [2.05, 4.69) is 0 Å². The van der Waals surface area contributed by atoms with E-state index in [0.717, 1.165) is 32.2 Å². The molecule has 0 bridgehead atoms. The molecular formula is C24H40N2O8. The van der Waals surface area contributed by atoms with Crippen LogP contribution >= 0.6 is 0 Å². The van der Waals surface area contributed by atoms with E-state index in [-0.39, 0.29) is 13.2 Å². The van der Waals surface area contributed by atoms with Gasteiger partial charge in [-0.2, -0.15) is 0 Å². The van der Waals surface area contributed by atoms with Gasteiger partial charge < -0.3 is 24.7 Å². The topological polar surface area (TPSA) is 134 Å². The first-order valence-electron chi connectivity index (χ1n) is 12.2. The molecule has 34 heavy (non-hydrogen) atoms. The number of piperidine rings is 1. The van der Waals surface area contributed by atoms with Gasteiger partial charge in [-0.1, -0.05) is 25.7 Å². The minimum absolute atomic E-state index is 0.0406. The lowest BCUT2D eigenvalue weighted by molar-refractivity contribution is -0.207. The third-order valence-corrected chi connectivity index (χ3v) is 6.70. The summed E-state index contributed by atoms with van der Waals surface area (Å²) in [5.41, 5.74) is 5.71. The number of carbonyl (C=O) groups excluding carboxylic acids is 4. The fourth-order valence-electron chi connectivity index (χ4n) is 5.15. The zero-order chi connectivity index (χ0) is 25.3. The molecule has 194 valence electrons. The molecular weight excluding hydrogens is 444 g/mol. The number of hydrogen-bond donors (Lipinski definition) is 1. The molecule has 10 heteroatoms. The van der Waals surface area contributed by atoms with Crippen LogP contribution in [-0.2, 0) is 38.1 Å². The maximum absolute atomic E-state index is 11.9. The summed E-state index contributed by atoms with van der Waals surface area (Å²) >= 11 is 0. The van der Waals surface area contributed by atoms with Gasteiger partial charge in [-0.3, -0.25) is 24.1 Å². The second kappa shape index (κ2) is 13.6. The number of rotatable bonds is 10. The van der Waals surface area contributed by atoms with E-state index in [1.54, 1.807) is 0 Å². The average molecular weight is 485 g/mol. The molecule has 2 fully saturated rings. The predicted octanol–water partition coefficient (Wildman–Crippen LogP) is 1.57. The molecule has 2 aliphatic rings. The van der Waals surface area contributed by atoms with E-state index in [9.17, 15) is 19.2 Å². The monoisotopic (exact) mass is 484 g/mol. The standard InChI is InChI=1S/C24H40N2O8/c1-15(27)31-14-21-23(33-17(3)29)24(34-18(4)30)22(32-16(2)28)13-26(21)12-10-20-7-5-19(6-8-20)9-11-25/h19-24H,5-14,25H2,1-4H3/t19?,20?,21-,22+,23-,24-/m1/s1. The van der Waals surface area contributed by atoms with Crippen LogP contribution in [0.2, 0.25) is 0 Å². The molecule has 0 aromatic rings. The van der Waals surface area contributed by atoms with Crippen molar-refractivity contribution in [3.63, 3.8) is 0 Å². The van der Waals surface area contributed by atoms with Crippen LogP contribution in [0.3, 0.4) is 0 Å². The van der Waals surface area contributed by atoms with Crippen LogP contribution in [0.5, 0.6) is 0 Å². The van der Waals surface area contributed by atoms with Crippen molar-refractivity contribution in [3.05, 3.63) is 0 Å². The molecule has 1 saturated heterocycles. The first-order chi connectivity index (χ1) is 16.1. The van der Waals surface area contributed by atoms with Crippen LogP contribution in [0.4, 0.5) is 0 Å². The lowest BCUT2D eigenvalue weighted by Crippen LogP contribution is -2.65. The summed E-state index contributed by atoms with van der Waals surface area (Å²) in [7, 11) is 0. The van der Waals surface area contributed by atoms with E-state index >= 15 is 0 Å². The van der Waals surface area contributed by atoms with Crippen LogP contribution < -0.4 is 5.73 Å². The molecule has 1 aliphatic carbocycles. The fraction of sp³-hybridized carbons (Fsp3) is 0.833. The summed E-state index contributed by atoms with van der Waals surface area (Å²) in [6.07, 6.45) is 3.78. The molecule has 2 rings (SSSR count). The summed E-state index contributed by atoms with van der Waals surface area (Å²) in [6.45, 7) is 6.67. The molecule has 0 amide bonds. The van der Waals surface area contributed by atoms with Gasteiger partial charge >= 0.3 is 23.9 Å². The second-order valence-electron chi connectivity index (χ2n) is 9.41. The Morgan fingerprint density at radius 2 is 1.29 bits per heavy atom. The summed E-state index contributed by atoms with van der Waals surface area (Å²) in [5, 5.41) is 0. The lowest BCUT2D eigenvalue weighted by atomic mass is 9.79. The molecule has 1 aliphatic heterocycles. The highest BCUT2D eigenvalue weighted by Gasteiger charge is 2.49. The second-order valence-corrected chi connectivity index (χ2v) is 9.41. The van der Waals surface area contributed by atoms with Gasteiger partial charge in [0.25, 0.3) is 0 Å². The minimum Gasteiger partial charge on any atom is -0.464 e. The molecule has 0 radical (unpaired) electrons. The van der Waals surface area contributed by atoms with Crippen molar-refractivity contribution in [3.8, 4) is 0 Å². The molecule has 0 spiro atoms. The van der Waals surface area contributed by atoms with Crippen molar-refractivity contribution in [2.24, 2.45) is 17.6 Å². The first kappa shape index (κ1) is 28.0. The number of nitrogens with zero attached hydrogens (tertiary/aromatic N) is 1. The number of nitrogens with two attached hydrogens (primary N) is 1. The maximum Gasteiger partial charge on any atom is 0.303 e. The van der Waals surface area contributed by atoms with Crippen molar-refractivity contribution in [1.29, 1.82) is 0 Å². The van der Waals surface area contributed by atoms with Crippen LogP contribution in [0.25, 0.3) is 0 Å². The van der Waals surface area contributed by atoms with Crippen molar-refractivity contribution in [1.82, 2.24) is 4.90 Å². The predicted molar refractivity (Wildman–Crippen MR) is 122 cm³/mol. The molecule has 2 N–H and O–H groups in total. The Morgan fingerprint density at radius 3 is 1.79 bits per heavy atom. The van der Waals surface area contributed by atoms with Crippen LogP contribution in [0.1, 0.15) is 66.2 Å². The lowest BCUT2D eigenvalue weighted by Gasteiger charge is -2.47. The average Bonchev–Trinajstić information content (AvgIpc) is 2.74. The Morgan fingerprint density at radius 1 is 0.765 bits per heavy atom. The van der Waals surface area contributed by atoms with Gasteiger partial charge in [0.15, 0.2) is 18.3 Å². The number of carbonyl (C=O) groups is 4. The van der Waals surface area contributed by atoms with Crippen molar-refractivity contribution in [2.75, 3.05) is 26.2 Å². The van der Waals surface area contributed by atoms with Crippen molar-refractivity contribution < 1.29 is 38.1 Å². The first-order valence-corrected chi connectivity index (χ1v) is 12.2. The fourth-order valence-corrected chi connectivity index (χ4v) is 5.15. The molecule has 0 aromatic carbocycles. The van der Waals surface area contributed by atoms with Gasteiger partial charge in [-0.15, -0.1) is 0 Å². The molecule has 0 unspecified atom stereocenters. The van der Waals surface area contributed by atoms with Gasteiger partial charge in [-0.25, -0.2) is 0 Å². The van der Waals surface area contributed by atoms with E-state index < -0.39 is 48.2 Å². The third kappa shape index (κ3) is 8.87. The van der Waals surface area contributed by atoms with E-state index in [1.165, 1.54) is 40.5 Å². The Labute approximate surface area is 201 Å². The Balaban J connectivity index is 2.21. The molecule has 10 nitrogen and oxygen atoms in total. The Kier molecular flexibility index (Phi) is 11.2. The number of ether oxygens (including phenoxy) is 4. The SMILES string of the molecule is CC(=O)OC[C@@H]1[C@@H](OC(C)=O)[C@H](OC(C)=O)[C@@H](OC(C)=O)CN1CCC1CCC(CCN)CC1. The summed E-state index contributed by atoms with van der Waals surface area (Å²) in [5.74, 6) is -0.913. The largest absolute Gasteiger partial charge is 0.464 e. The zero-order valence-corrected chi connectivity index (χ0v) is 20.8. The number of esters is 4. The van der Waals surface area contributed by atoms with Gasteiger partial charge in [-0.05, 0) is 37.8 Å². The Bertz CT molecular complexity index is 707. The van der Waals surface area contributed by atoms with Gasteiger partial charge in [0, 0.05) is 34.2 Å². The van der Waals surface area contributed by atoms with Crippen LogP contribution in [0, 0.1) is 11.8 Å². The third-order valence-electron chi connectivity index (χ3n) is 6.70.